The fourth-order valence-electron chi connectivity index (χ4n) is 0.809. The number of carbonyl (C=O) groups is 1. The van der Waals surface area contributed by atoms with Crippen LogP contribution in [0.25, 0.3) is 0 Å². The third kappa shape index (κ3) is 1.86. The number of nitrogens with one attached hydrogen (secondary N) is 1. The Morgan fingerprint density at radius 1 is 1.58 bits per heavy atom. The quantitative estimate of drug-likeness (QED) is 0.501. The zero-order valence-electron chi connectivity index (χ0n) is 6.40. The number of nitrogens with zero attached hydrogens (tertiary/aromatic N) is 1. The van der Waals surface area contributed by atoms with Gasteiger partial charge in [0.2, 0.25) is 0 Å². The fourth-order valence-corrected chi connectivity index (χ4v) is 1.22. The van der Waals surface area contributed by atoms with Crippen molar-refractivity contribution in [2.24, 2.45) is 0 Å². The van der Waals surface area contributed by atoms with Crippen LogP contribution in [0.5, 0.6) is 0 Å². The molecular weight excluding hydrogens is 192 g/mol. The third-order valence-corrected chi connectivity index (χ3v) is 1.88. The number of pyridine rings is 1. The van der Waals surface area contributed by atoms with E-state index in [9.17, 15) is 4.79 Å². The van der Waals surface area contributed by atoms with Gasteiger partial charge in [0.25, 0.3) is 11.6 Å². The molecule has 1 rings (SSSR count). The lowest BCUT2D eigenvalue weighted by Gasteiger charge is -2.09. The van der Waals surface area contributed by atoms with Gasteiger partial charge in [-0.05, 0) is 13.0 Å². The van der Waals surface area contributed by atoms with Crippen LogP contribution in [0.4, 0.5) is 0 Å². The van der Waals surface area contributed by atoms with Gasteiger partial charge in [-0.15, -0.1) is 0 Å². The predicted molar refractivity (Wildman–Crippen MR) is 49.0 cm³/mol. The number of hydrogen-bond donors (Lipinski definition) is 1. The van der Waals surface area contributed by atoms with Crippen LogP contribution < -0.4 is 8.69 Å². The monoisotopic (exact) mass is 199 g/mol. The summed E-state index contributed by atoms with van der Waals surface area (Å²) >= 11 is 9.28. The molecule has 0 aliphatic heterocycles. The van der Waals surface area contributed by atoms with Crippen LogP contribution in [0, 0.1) is 6.92 Å². The zero-order valence-corrected chi connectivity index (χ0v) is 8.04. The second kappa shape index (κ2) is 3.73. The molecule has 1 N–H and O–H groups in total. The highest BCUT2D eigenvalue weighted by Crippen LogP contribution is 1.95. The molecule has 0 fully saturated rings. The van der Waals surface area contributed by atoms with Crippen molar-refractivity contribution in [2.75, 3.05) is 0 Å². The molecular formula is C7H7N2OS2-. The van der Waals surface area contributed by atoms with Crippen LogP contribution in [0.1, 0.15) is 16.1 Å². The molecule has 0 spiro atoms. The van der Waals surface area contributed by atoms with E-state index in [2.05, 4.69) is 17.5 Å². The first-order valence-corrected chi connectivity index (χ1v) is 4.05. The molecule has 0 bridgehead atoms. The van der Waals surface area contributed by atoms with Crippen LogP contribution >= 0.6 is 0 Å². The molecule has 3 nitrogen and oxygen atoms in total. The summed E-state index contributed by atoms with van der Waals surface area (Å²) < 4.78 is 3.43. The molecule has 12 heavy (non-hydrogen) atoms. The molecule has 1 aromatic rings. The zero-order chi connectivity index (χ0) is 9.14. The molecule has 1 aromatic heterocycles. The van der Waals surface area contributed by atoms with Gasteiger partial charge in [0.15, 0.2) is 6.20 Å². The van der Waals surface area contributed by atoms with E-state index in [4.69, 9.17) is 12.8 Å². The second-order valence-electron chi connectivity index (χ2n) is 2.35. The Morgan fingerprint density at radius 2 is 2.25 bits per heavy atom. The summed E-state index contributed by atoms with van der Waals surface area (Å²) in [7, 11) is 0. The van der Waals surface area contributed by atoms with Crippen LogP contribution in [0.3, 0.4) is 0 Å². The van der Waals surface area contributed by atoms with Crippen molar-refractivity contribution >= 4 is 31.5 Å². The third-order valence-electron chi connectivity index (χ3n) is 1.39. The Labute approximate surface area is 81.9 Å². The summed E-state index contributed by atoms with van der Waals surface area (Å²) in [6.07, 6.45) is 1.69. The van der Waals surface area contributed by atoms with Crippen LogP contribution in [-0.4, -0.2) is 5.91 Å². The first kappa shape index (κ1) is 9.28. The van der Waals surface area contributed by atoms with Crippen LogP contribution in [0.15, 0.2) is 18.3 Å². The average molecular weight is 199 g/mol. The average Bonchev–Trinajstić information content (AvgIpc) is 2.03. The SMILES string of the molecule is Cc1ccc(C(=O)N[S-])[n+]([S-])c1. The van der Waals surface area contributed by atoms with Gasteiger partial charge in [0.05, 0.1) is 0 Å². The van der Waals surface area contributed by atoms with Crippen molar-refractivity contribution in [1.82, 2.24) is 4.72 Å². The van der Waals surface area contributed by atoms with Gasteiger partial charge in [0, 0.05) is 11.6 Å². The molecule has 5 heteroatoms. The van der Waals surface area contributed by atoms with Gasteiger partial charge in [-0.2, -0.15) is 0 Å². The molecule has 64 valence electrons. The first-order valence-electron chi connectivity index (χ1n) is 3.27. The molecule has 0 saturated heterocycles. The van der Waals surface area contributed by atoms with Gasteiger partial charge in [-0.1, -0.05) is 0 Å². The summed E-state index contributed by atoms with van der Waals surface area (Å²) in [4.78, 5) is 11.0. The van der Waals surface area contributed by atoms with Crippen molar-refractivity contribution < 1.29 is 8.77 Å². The van der Waals surface area contributed by atoms with Crippen molar-refractivity contribution in [3.05, 3.63) is 29.6 Å². The van der Waals surface area contributed by atoms with Crippen molar-refractivity contribution in [2.45, 2.75) is 6.92 Å². The molecule has 1 heterocycles. The normalized spacial score (nSPS) is 9.50. The molecule has 0 aliphatic carbocycles. The highest BCUT2D eigenvalue weighted by molar-refractivity contribution is 7.57. The number of amides is 1. The fraction of sp³-hybridized carbons (Fsp3) is 0.143. The Kier molecular flexibility index (Phi) is 2.88. The van der Waals surface area contributed by atoms with E-state index in [0.717, 1.165) is 5.56 Å². The minimum absolute atomic E-state index is 0.347. The second-order valence-corrected chi connectivity index (χ2v) is 2.95. The summed E-state index contributed by atoms with van der Waals surface area (Å²) in [5.41, 5.74) is 1.39. The standard InChI is InChI=1S/C7H7N2OS2/c1-5-2-3-6(7(10)8-11)9(12)4-5/h2-4H,1H3,(H-,8,10,11)/q-1. The van der Waals surface area contributed by atoms with E-state index < -0.39 is 0 Å². The van der Waals surface area contributed by atoms with Gasteiger partial charge >= 0.3 is 0 Å². The molecule has 0 aromatic carbocycles. The molecule has 0 atom stereocenters. The predicted octanol–water partition coefficient (Wildman–Crippen LogP) is -0.216. The Hall–Kier alpha value is -0.810. The number of rotatable bonds is 1. The highest BCUT2D eigenvalue weighted by atomic mass is 32.1. The lowest BCUT2D eigenvalue weighted by Crippen LogP contribution is -2.38. The topological polar surface area (TPSA) is 33.0 Å². The Bertz CT molecular complexity index is 314. The highest BCUT2D eigenvalue weighted by Gasteiger charge is 2.08. The number of aromatic nitrogens is 1. The number of aryl methyl sites for hydroxylation is 1. The van der Waals surface area contributed by atoms with Crippen LogP contribution in [0.2, 0.25) is 0 Å². The lowest BCUT2D eigenvalue weighted by atomic mass is 10.3. The summed E-state index contributed by atoms with van der Waals surface area (Å²) in [6, 6.07) is 3.45. The number of hydrogen-bond acceptors (Lipinski definition) is 3. The van der Waals surface area contributed by atoms with E-state index in [-0.39, 0.29) is 5.91 Å². The molecule has 0 aliphatic rings. The maximum absolute atomic E-state index is 11.0. The molecule has 0 unspecified atom stereocenters. The van der Waals surface area contributed by atoms with Crippen molar-refractivity contribution in [3.8, 4) is 0 Å². The van der Waals surface area contributed by atoms with Crippen LogP contribution in [-0.2, 0) is 25.6 Å². The largest absolute Gasteiger partial charge is 0.667 e. The summed E-state index contributed by atoms with van der Waals surface area (Å²) in [5, 5.41) is 0. The maximum atomic E-state index is 11.0. The molecule has 0 saturated carbocycles. The smallest absolute Gasteiger partial charge is 0.293 e. The van der Waals surface area contributed by atoms with Gasteiger partial charge in [0.1, 0.15) is 0 Å². The van der Waals surface area contributed by atoms with E-state index in [1.165, 1.54) is 3.97 Å². The number of carbonyl (C=O) groups excluding carboxylic acids is 1. The minimum Gasteiger partial charge on any atom is -0.667 e. The van der Waals surface area contributed by atoms with Crippen molar-refractivity contribution in [1.29, 1.82) is 0 Å². The lowest BCUT2D eigenvalue weighted by molar-refractivity contribution is -0.496. The van der Waals surface area contributed by atoms with Gasteiger partial charge in [-0.25, -0.2) is 0 Å². The van der Waals surface area contributed by atoms with E-state index >= 15 is 0 Å². The first-order chi connectivity index (χ1) is 5.65. The van der Waals surface area contributed by atoms with E-state index in [1.807, 2.05) is 13.0 Å². The van der Waals surface area contributed by atoms with Gasteiger partial charge in [-0.3, -0.25) is 8.77 Å². The van der Waals surface area contributed by atoms with E-state index in [1.54, 1.807) is 12.3 Å². The maximum Gasteiger partial charge on any atom is 0.293 e. The molecule has 1 amide bonds. The molecule has 0 radical (unpaired) electrons. The van der Waals surface area contributed by atoms with Crippen molar-refractivity contribution in [3.63, 3.8) is 0 Å². The van der Waals surface area contributed by atoms with Gasteiger partial charge < -0.3 is 30.4 Å². The summed E-state index contributed by atoms with van der Waals surface area (Å²) in [5.74, 6) is -0.347. The van der Waals surface area contributed by atoms with E-state index in [0.29, 0.717) is 5.69 Å². The minimum atomic E-state index is -0.347. The Morgan fingerprint density at radius 3 is 2.75 bits per heavy atom. The summed E-state index contributed by atoms with van der Waals surface area (Å²) in [6.45, 7) is 1.90. The Balaban J connectivity index is 3.09.